The Morgan fingerprint density at radius 3 is 2.57 bits per heavy atom. The molecule has 2 aromatic rings. The van der Waals surface area contributed by atoms with E-state index in [1.807, 2.05) is 0 Å². The van der Waals surface area contributed by atoms with E-state index in [1.165, 1.54) is 12.1 Å². The molecule has 7 heteroatoms. The normalized spacial score (nSPS) is 10.4. The highest BCUT2D eigenvalue weighted by atomic mass is 35.5. The van der Waals surface area contributed by atoms with Crippen molar-refractivity contribution in [1.82, 2.24) is 0 Å². The van der Waals surface area contributed by atoms with Gasteiger partial charge in [0.15, 0.2) is 5.78 Å². The molecule has 0 aliphatic rings. The molecule has 0 amide bonds. The zero-order chi connectivity index (χ0) is 15.6. The van der Waals surface area contributed by atoms with Crippen LogP contribution in [0.15, 0.2) is 36.4 Å². The molecule has 21 heavy (non-hydrogen) atoms. The summed E-state index contributed by atoms with van der Waals surface area (Å²) in [5.41, 5.74) is -0.793. The summed E-state index contributed by atoms with van der Waals surface area (Å²) in [6.45, 7) is 0. The fourth-order valence-electron chi connectivity index (χ4n) is 1.87. The van der Waals surface area contributed by atoms with Gasteiger partial charge in [-0.05, 0) is 17.7 Å². The van der Waals surface area contributed by atoms with E-state index >= 15 is 0 Å². The molecule has 0 spiro atoms. The Morgan fingerprint density at radius 1 is 1.24 bits per heavy atom. The van der Waals surface area contributed by atoms with Crippen molar-refractivity contribution in [2.24, 2.45) is 0 Å². The molecule has 0 aromatic heterocycles. The average molecular weight is 312 g/mol. The molecular formula is C14H8ClF2NO3. The Bertz CT molecular complexity index is 734. The first-order chi connectivity index (χ1) is 9.90. The number of nitro groups is 1. The molecule has 2 rings (SSSR count). The van der Waals surface area contributed by atoms with Crippen LogP contribution >= 0.6 is 11.6 Å². The molecule has 0 unspecified atom stereocenters. The van der Waals surface area contributed by atoms with Crippen molar-refractivity contribution in [3.8, 4) is 0 Å². The summed E-state index contributed by atoms with van der Waals surface area (Å²) < 4.78 is 26.3. The first-order valence-electron chi connectivity index (χ1n) is 5.80. The minimum Gasteiger partial charge on any atom is -0.293 e. The van der Waals surface area contributed by atoms with Crippen LogP contribution in [0.2, 0.25) is 5.02 Å². The minimum absolute atomic E-state index is 0.0596. The number of carbonyl (C=O) groups is 1. The highest BCUT2D eigenvalue weighted by Crippen LogP contribution is 2.28. The maximum Gasteiger partial charge on any atom is 0.281 e. The number of rotatable bonds is 4. The summed E-state index contributed by atoms with van der Waals surface area (Å²) >= 11 is 5.82. The van der Waals surface area contributed by atoms with Crippen molar-refractivity contribution in [3.63, 3.8) is 0 Å². The lowest BCUT2D eigenvalue weighted by molar-refractivity contribution is -0.385. The van der Waals surface area contributed by atoms with Crippen LogP contribution in [-0.4, -0.2) is 10.7 Å². The summed E-state index contributed by atoms with van der Waals surface area (Å²) in [5.74, 6) is -2.37. The van der Waals surface area contributed by atoms with Gasteiger partial charge in [0, 0.05) is 18.6 Å². The Hall–Kier alpha value is -2.34. The van der Waals surface area contributed by atoms with E-state index in [0.29, 0.717) is 6.07 Å². The zero-order valence-corrected chi connectivity index (χ0v) is 11.2. The van der Waals surface area contributed by atoms with Gasteiger partial charge in [-0.15, -0.1) is 0 Å². The van der Waals surface area contributed by atoms with Crippen LogP contribution in [0.3, 0.4) is 0 Å². The molecule has 0 heterocycles. The van der Waals surface area contributed by atoms with Crippen molar-refractivity contribution < 1.29 is 18.5 Å². The van der Waals surface area contributed by atoms with Gasteiger partial charge in [-0.1, -0.05) is 23.7 Å². The van der Waals surface area contributed by atoms with Gasteiger partial charge in [0.1, 0.15) is 17.2 Å². The molecule has 0 atom stereocenters. The number of carbonyl (C=O) groups excluding carboxylic acids is 1. The second-order valence-corrected chi connectivity index (χ2v) is 4.63. The van der Waals surface area contributed by atoms with Crippen molar-refractivity contribution in [2.45, 2.75) is 6.42 Å². The molecule has 108 valence electrons. The van der Waals surface area contributed by atoms with Crippen LogP contribution in [0.5, 0.6) is 0 Å². The van der Waals surface area contributed by atoms with Crippen LogP contribution in [0.4, 0.5) is 14.5 Å². The van der Waals surface area contributed by atoms with E-state index in [2.05, 4.69) is 0 Å². The number of nitrogens with zero attached hydrogens (tertiary/aromatic N) is 1. The summed E-state index contributed by atoms with van der Waals surface area (Å²) in [6.07, 6.45) is -0.448. The van der Waals surface area contributed by atoms with Crippen molar-refractivity contribution in [2.75, 3.05) is 0 Å². The molecule has 0 aliphatic heterocycles. The smallest absolute Gasteiger partial charge is 0.281 e. The van der Waals surface area contributed by atoms with E-state index in [1.54, 1.807) is 0 Å². The van der Waals surface area contributed by atoms with Gasteiger partial charge in [-0.25, -0.2) is 8.78 Å². The molecule has 0 saturated carbocycles. The van der Waals surface area contributed by atoms with Gasteiger partial charge in [0.05, 0.1) is 9.95 Å². The molecular weight excluding hydrogens is 304 g/mol. The van der Waals surface area contributed by atoms with Gasteiger partial charge < -0.3 is 0 Å². The van der Waals surface area contributed by atoms with Crippen LogP contribution in [0.25, 0.3) is 0 Å². The number of hydrogen-bond acceptors (Lipinski definition) is 3. The number of hydrogen-bond donors (Lipinski definition) is 0. The van der Waals surface area contributed by atoms with Crippen LogP contribution in [0, 0.1) is 21.7 Å². The largest absolute Gasteiger partial charge is 0.293 e. The molecule has 2 aromatic carbocycles. The summed E-state index contributed by atoms with van der Waals surface area (Å²) in [4.78, 5) is 22.3. The van der Waals surface area contributed by atoms with E-state index < -0.39 is 34.4 Å². The molecule has 0 N–H and O–H groups in total. The highest BCUT2D eigenvalue weighted by molar-refractivity contribution is 6.34. The second-order valence-electron chi connectivity index (χ2n) is 4.23. The lowest BCUT2D eigenvalue weighted by Crippen LogP contribution is -2.09. The topological polar surface area (TPSA) is 60.2 Å². The standard InChI is InChI=1S/C14H8ClF2NO3/c15-10-2-1-3-12(18(20)21)14(10)13(19)6-8-4-5-9(16)7-11(8)17/h1-5,7H,6H2. The summed E-state index contributed by atoms with van der Waals surface area (Å²) in [7, 11) is 0. The maximum atomic E-state index is 13.5. The predicted octanol–water partition coefficient (Wildman–Crippen LogP) is 3.95. The van der Waals surface area contributed by atoms with Crippen LogP contribution in [0.1, 0.15) is 15.9 Å². The van der Waals surface area contributed by atoms with Crippen LogP contribution < -0.4 is 0 Å². The molecule has 0 bridgehead atoms. The zero-order valence-electron chi connectivity index (χ0n) is 10.5. The maximum absolute atomic E-state index is 13.5. The first-order valence-corrected chi connectivity index (χ1v) is 6.18. The van der Waals surface area contributed by atoms with E-state index in [-0.39, 0.29) is 16.1 Å². The third kappa shape index (κ3) is 3.22. The lowest BCUT2D eigenvalue weighted by atomic mass is 10.0. The number of nitro benzene ring substituents is 1. The lowest BCUT2D eigenvalue weighted by Gasteiger charge is -2.06. The first kappa shape index (κ1) is 15.1. The Balaban J connectivity index is 2.39. The van der Waals surface area contributed by atoms with Gasteiger partial charge in [0.2, 0.25) is 0 Å². The quantitative estimate of drug-likeness (QED) is 0.488. The predicted molar refractivity (Wildman–Crippen MR) is 72.5 cm³/mol. The number of halogens is 3. The molecule has 0 aliphatic carbocycles. The van der Waals surface area contributed by atoms with Crippen LogP contribution in [-0.2, 0) is 6.42 Å². The SMILES string of the molecule is O=C(Cc1ccc(F)cc1F)c1c(Cl)cccc1[N+](=O)[O-]. The second kappa shape index (κ2) is 5.97. The Labute approximate surface area is 123 Å². The van der Waals surface area contributed by atoms with E-state index in [9.17, 15) is 23.7 Å². The van der Waals surface area contributed by atoms with E-state index in [4.69, 9.17) is 11.6 Å². The molecule has 0 saturated heterocycles. The third-order valence-corrected chi connectivity index (χ3v) is 3.15. The summed E-state index contributed by atoms with van der Waals surface area (Å²) in [5, 5.41) is 10.8. The Morgan fingerprint density at radius 2 is 1.95 bits per heavy atom. The van der Waals surface area contributed by atoms with Gasteiger partial charge >= 0.3 is 0 Å². The van der Waals surface area contributed by atoms with Crippen molar-refractivity contribution >= 4 is 23.1 Å². The molecule has 0 radical (unpaired) electrons. The molecule has 4 nitrogen and oxygen atoms in total. The number of Topliss-reactive ketones (excluding diaryl/α,β-unsaturated/α-hetero) is 1. The minimum atomic E-state index is -0.891. The Kier molecular flexibility index (Phi) is 4.28. The number of ketones is 1. The van der Waals surface area contributed by atoms with Gasteiger partial charge in [-0.2, -0.15) is 0 Å². The van der Waals surface area contributed by atoms with Gasteiger partial charge in [0.25, 0.3) is 5.69 Å². The fourth-order valence-corrected chi connectivity index (χ4v) is 2.14. The molecule has 0 fully saturated rings. The summed E-state index contributed by atoms with van der Waals surface area (Å²) in [6, 6.07) is 6.58. The third-order valence-electron chi connectivity index (χ3n) is 2.83. The van der Waals surface area contributed by atoms with Crippen molar-refractivity contribution in [1.29, 1.82) is 0 Å². The average Bonchev–Trinajstić information content (AvgIpc) is 2.41. The van der Waals surface area contributed by atoms with Gasteiger partial charge in [-0.3, -0.25) is 14.9 Å². The highest BCUT2D eigenvalue weighted by Gasteiger charge is 2.24. The fraction of sp³-hybridized carbons (Fsp3) is 0.0714. The van der Waals surface area contributed by atoms with Crippen molar-refractivity contribution in [3.05, 3.63) is 74.3 Å². The number of benzene rings is 2. The monoisotopic (exact) mass is 311 g/mol. The van der Waals surface area contributed by atoms with E-state index in [0.717, 1.165) is 18.2 Å².